The molecule has 2 aromatic heterocycles. The van der Waals surface area contributed by atoms with Crippen molar-refractivity contribution in [3.05, 3.63) is 92.8 Å². The average Bonchev–Trinajstić information content (AvgIpc) is 3.26. The summed E-state index contributed by atoms with van der Waals surface area (Å²) in [5, 5.41) is 12.0. The first-order valence-corrected chi connectivity index (χ1v) is 12.1. The monoisotopic (exact) mass is 496 g/mol. The van der Waals surface area contributed by atoms with E-state index in [1.165, 1.54) is 6.92 Å². The Balaban J connectivity index is 1.61. The van der Waals surface area contributed by atoms with Crippen molar-refractivity contribution in [2.45, 2.75) is 45.4 Å². The molecule has 1 N–H and O–H groups in total. The molecule has 2 aromatic carbocycles. The number of benzene rings is 2. The van der Waals surface area contributed by atoms with Gasteiger partial charge in [0, 0.05) is 23.4 Å². The Kier molecular flexibility index (Phi) is 5.24. The van der Waals surface area contributed by atoms with Crippen LogP contribution in [-0.2, 0) is 39.5 Å². The van der Waals surface area contributed by atoms with Crippen molar-refractivity contribution in [1.29, 1.82) is 0 Å². The van der Waals surface area contributed by atoms with Gasteiger partial charge in [-0.1, -0.05) is 37.3 Å². The molecule has 0 unspecified atom stereocenters. The van der Waals surface area contributed by atoms with Crippen molar-refractivity contribution in [1.82, 2.24) is 9.55 Å². The van der Waals surface area contributed by atoms with Crippen LogP contribution in [0.1, 0.15) is 48.1 Å². The van der Waals surface area contributed by atoms with Gasteiger partial charge in [-0.2, -0.15) is 0 Å². The van der Waals surface area contributed by atoms with Crippen molar-refractivity contribution in [2.75, 3.05) is 0 Å². The number of cyclic esters (lactones) is 1. The summed E-state index contributed by atoms with van der Waals surface area (Å²) in [6.07, 6.45) is 0.659. The number of fused-ring (bicyclic) bond motifs is 5. The van der Waals surface area contributed by atoms with E-state index >= 15 is 0 Å². The number of pyridine rings is 2. The maximum atomic E-state index is 13.6. The highest BCUT2D eigenvalue weighted by atomic mass is 16.6. The van der Waals surface area contributed by atoms with E-state index in [2.05, 4.69) is 0 Å². The van der Waals surface area contributed by atoms with Gasteiger partial charge in [-0.3, -0.25) is 9.59 Å². The highest BCUT2D eigenvalue weighted by Crippen LogP contribution is 2.41. The lowest BCUT2D eigenvalue weighted by Crippen LogP contribution is -2.44. The molecule has 8 heteroatoms. The maximum Gasteiger partial charge on any atom is 0.343 e. The van der Waals surface area contributed by atoms with E-state index < -0.39 is 17.5 Å². The van der Waals surface area contributed by atoms with Crippen LogP contribution in [0, 0.1) is 0 Å². The summed E-state index contributed by atoms with van der Waals surface area (Å²) in [5.74, 6) is -0.745. The molecule has 6 rings (SSSR count). The third kappa shape index (κ3) is 3.55. The van der Waals surface area contributed by atoms with Crippen LogP contribution in [0.15, 0.2) is 59.4 Å². The molecule has 2 aliphatic heterocycles. The number of ether oxygens (including phenoxy) is 2. The highest BCUT2D eigenvalue weighted by molar-refractivity contribution is 5.90. The molecule has 0 spiro atoms. The summed E-state index contributed by atoms with van der Waals surface area (Å²) in [6, 6.07) is 17.0. The van der Waals surface area contributed by atoms with E-state index in [4.69, 9.17) is 14.5 Å². The van der Waals surface area contributed by atoms with E-state index in [9.17, 15) is 19.5 Å². The fourth-order valence-electron chi connectivity index (χ4n) is 5.37. The van der Waals surface area contributed by atoms with Crippen LogP contribution in [0.3, 0.4) is 0 Å². The summed E-state index contributed by atoms with van der Waals surface area (Å²) in [4.78, 5) is 42.6. The second kappa shape index (κ2) is 8.38. The third-order valence-corrected chi connectivity index (χ3v) is 7.26. The quantitative estimate of drug-likeness (QED) is 0.299. The predicted molar refractivity (Wildman–Crippen MR) is 135 cm³/mol. The minimum atomic E-state index is -1.88. The molecule has 0 saturated heterocycles. The maximum absolute atomic E-state index is 13.6. The smallest absolute Gasteiger partial charge is 0.343 e. The number of hydrogen-bond donors (Lipinski definition) is 1. The van der Waals surface area contributed by atoms with Gasteiger partial charge in [0.05, 0.1) is 29.0 Å². The summed E-state index contributed by atoms with van der Waals surface area (Å²) >= 11 is 0. The minimum Gasteiger partial charge on any atom is -0.458 e. The molecule has 0 aliphatic carbocycles. The lowest BCUT2D eigenvalue weighted by Gasteiger charge is -2.31. The van der Waals surface area contributed by atoms with Gasteiger partial charge in [-0.15, -0.1) is 0 Å². The van der Waals surface area contributed by atoms with Crippen LogP contribution in [-0.4, -0.2) is 26.6 Å². The molecular formula is C29H24N2O6. The number of carbonyl (C=O) groups excluding carboxylic acids is 2. The van der Waals surface area contributed by atoms with Gasteiger partial charge in [0.1, 0.15) is 12.4 Å². The molecule has 4 heterocycles. The van der Waals surface area contributed by atoms with Crippen molar-refractivity contribution in [2.24, 2.45) is 0 Å². The number of nitrogens with zero attached hydrogens (tertiary/aromatic N) is 2. The Morgan fingerprint density at radius 3 is 2.65 bits per heavy atom. The molecular weight excluding hydrogens is 472 g/mol. The number of aromatic nitrogens is 2. The predicted octanol–water partition coefficient (Wildman–Crippen LogP) is 3.60. The molecule has 2 aliphatic rings. The Morgan fingerprint density at radius 1 is 1.14 bits per heavy atom. The zero-order valence-corrected chi connectivity index (χ0v) is 20.4. The van der Waals surface area contributed by atoms with Gasteiger partial charge in [0.15, 0.2) is 5.60 Å². The molecule has 37 heavy (non-hydrogen) atoms. The van der Waals surface area contributed by atoms with Gasteiger partial charge in [0.2, 0.25) is 0 Å². The van der Waals surface area contributed by atoms with Crippen LogP contribution >= 0.6 is 0 Å². The Hall–Kier alpha value is -4.30. The lowest BCUT2D eigenvalue weighted by atomic mass is 9.86. The van der Waals surface area contributed by atoms with Crippen LogP contribution in [0.25, 0.3) is 22.3 Å². The summed E-state index contributed by atoms with van der Waals surface area (Å²) in [7, 11) is 0. The van der Waals surface area contributed by atoms with E-state index in [1.807, 2.05) is 30.3 Å². The first-order chi connectivity index (χ1) is 17.8. The molecule has 8 nitrogen and oxygen atoms in total. The summed E-state index contributed by atoms with van der Waals surface area (Å²) in [6.45, 7) is 3.15. The Bertz CT molecular complexity index is 1670. The van der Waals surface area contributed by atoms with Crippen molar-refractivity contribution in [3.8, 4) is 17.1 Å². The zero-order chi connectivity index (χ0) is 25.9. The SMILES string of the molecule is CC[C@@]1(O)C(=O)OCc2c1cc1n(c2=O)Cc2c-1nc1ccc(OC(C)=O)cc1c2Cc1ccccc1. The second-order valence-corrected chi connectivity index (χ2v) is 9.46. The van der Waals surface area contributed by atoms with Gasteiger partial charge in [-0.25, -0.2) is 9.78 Å². The standard InChI is InChI=1S/C29H24N2O6/c1-3-29(35)23-13-25-26-21(14-31(25)27(33)22(23)15-36-28(29)34)19(11-17-7-5-4-6-8-17)20-12-18(37-16(2)32)9-10-24(20)30-26/h4-10,12-13,35H,3,11,14-15H2,1-2H3/t29-/m0/s1. The van der Waals surface area contributed by atoms with Gasteiger partial charge in [0.25, 0.3) is 5.56 Å². The number of carbonyl (C=O) groups is 2. The average molecular weight is 497 g/mol. The van der Waals surface area contributed by atoms with E-state index in [0.29, 0.717) is 29.1 Å². The number of aliphatic hydroxyl groups is 1. The summed E-state index contributed by atoms with van der Waals surface area (Å²) < 4.78 is 12.2. The van der Waals surface area contributed by atoms with E-state index in [0.717, 1.165) is 22.1 Å². The van der Waals surface area contributed by atoms with Crippen LogP contribution in [0.5, 0.6) is 5.75 Å². The van der Waals surface area contributed by atoms with Crippen LogP contribution in [0.2, 0.25) is 0 Å². The topological polar surface area (TPSA) is 108 Å². The lowest BCUT2D eigenvalue weighted by molar-refractivity contribution is -0.172. The Labute approximate surface area is 212 Å². The number of hydrogen-bond acceptors (Lipinski definition) is 7. The molecule has 4 aromatic rings. The second-order valence-electron chi connectivity index (χ2n) is 9.46. The fraction of sp³-hybridized carbons (Fsp3) is 0.241. The van der Waals surface area contributed by atoms with Gasteiger partial charge >= 0.3 is 11.9 Å². The first kappa shape index (κ1) is 23.1. The first-order valence-electron chi connectivity index (χ1n) is 12.1. The molecule has 0 saturated carbocycles. The zero-order valence-electron chi connectivity index (χ0n) is 20.4. The molecule has 186 valence electrons. The number of rotatable bonds is 4. The van der Waals surface area contributed by atoms with Gasteiger partial charge in [-0.05, 0) is 48.2 Å². The van der Waals surface area contributed by atoms with Crippen molar-refractivity contribution in [3.63, 3.8) is 0 Å². The largest absolute Gasteiger partial charge is 0.458 e. The highest BCUT2D eigenvalue weighted by Gasteiger charge is 2.45. The van der Waals surface area contributed by atoms with Gasteiger partial charge < -0.3 is 19.1 Å². The number of esters is 2. The Morgan fingerprint density at radius 2 is 1.92 bits per heavy atom. The summed E-state index contributed by atoms with van der Waals surface area (Å²) in [5.41, 5.74) is 3.19. The van der Waals surface area contributed by atoms with E-state index in [-0.39, 0.29) is 36.3 Å². The third-order valence-electron chi connectivity index (χ3n) is 7.26. The molecule has 0 bridgehead atoms. The fourth-order valence-corrected chi connectivity index (χ4v) is 5.37. The van der Waals surface area contributed by atoms with Crippen molar-refractivity contribution < 1.29 is 24.2 Å². The molecule has 0 fully saturated rings. The van der Waals surface area contributed by atoms with Crippen molar-refractivity contribution >= 4 is 22.8 Å². The van der Waals surface area contributed by atoms with Crippen LogP contribution in [0.4, 0.5) is 0 Å². The minimum absolute atomic E-state index is 0.0813. The van der Waals surface area contributed by atoms with Crippen LogP contribution < -0.4 is 10.3 Å². The molecule has 0 radical (unpaired) electrons. The molecule has 1 atom stereocenters. The normalized spacial score (nSPS) is 17.6. The van der Waals surface area contributed by atoms with E-state index in [1.54, 1.807) is 35.8 Å². The molecule has 0 amide bonds.